The van der Waals surface area contributed by atoms with Crippen molar-refractivity contribution in [3.05, 3.63) is 46.2 Å². The van der Waals surface area contributed by atoms with Crippen molar-refractivity contribution < 1.29 is 9.53 Å². The van der Waals surface area contributed by atoms with Crippen molar-refractivity contribution >= 4 is 44.7 Å². The highest BCUT2D eigenvalue weighted by molar-refractivity contribution is 7.18. The van der Waals surface area contributed by atoms with Gasteiger partial charge in [-0.15, -0.1) is 11.3 Å². The maximum Gasteiger partial charge on any atom is 0.257 e. The molecular formula is C23H26ClN3O2S. The number of hydrogen-bond acceptors (Lipinski definition) is 5. The number of benzene rings is 1. The van der Waals surface area contributed by atoms with Crippen LogP contribution in [0.5, 0.6) is 5.75 Å². The second-order valence-electron chi connectivity index (χ2n) is 8.27. The number of nitrogens with zero attached hydrogens (tertiary/aromatic N) is 2. The monoisotopic (exact) mass is 443 g/mol. The number of pyridine rings is 1. The van der Waals surface area contributed by atoms with E-state index in [1.807, 2.05) is 12.1 Å². The van der Waals surface area contributed by atoms with Crippen molar-refractivity contribution in [3.63, 3.8) is 0 Å². The van der Waals surface area contributed by atoms with E-state index < -0.39 is 0 Å². The first kappa shape index (κ1) is 21.1. The molecule has 4 rings (SSSR count). The lowest BCUT2D eigenvalue weighted by molar-refractivity contribution is 0.102. The quantitative estimate of drug-likeness (QED) is 0.486. The van der Waals surface area contributed by atoms with Gasteiger partial charge in [0.05, 0.1) is 38.6 Å². The number of thiazole rings is 1. The summed E-state index contributed by atoms with van der Waals surface area (Å²) in [6.45, 7) is 4.65. The molecule has 0 saturated heterocycles. The van der Waals surface area contributed by atoms with Gasteiger partial charge < -0.3 is 10.1 Å². The highest BCUT2D eigenvalue weighted by Gasteiger charge is 2.26. The third-order valence-corrected chi connectivity index (χ3v) is 7.39. The molecule has 0 spiro atoms. The maximum atomic E-state index is 12.6. The lowest BCUT2D eigenvalue weighted by Crippen LogP contribution is -2.17. The first-order valence-corrected chi connectivity index (χ1v) is 11.5. The second kappa shape index (κ2) is 8.90. The van der Waals surface area contributed by atoms with Crippen LogP contribution in [0.15, 0.2) is 30.6 Å². The van der Waals surface area contributed by atoms with Gasteiger partial charge >= 0.3 is 0 Å². The standard InChI is InChI=1S/C23H26ClN3O2S/c1-13(2)14-4-6-15(7-5-14)23-27-19-9-20(29-3)18(10-21(19)30-23)26-22(28)16-8-17(24)12-25-11-16/h8-15H,4-7H2,1-3H3,(H,26,28). The zero-order valence-electron chi connectivity index (χ0n) is 17.4. The Balaban J connectivity index is 1.57. The molecule has 1 amide bonds. The van der Waals surface area contributed by atoms with Gasteiger partial charge in [-0.1, -0.05) is 25.4 Å². The van der Waals surface area contributed by atoms with Crippen LogP contribution >= 0.6 is 22.9 Å². The molecule has 1 saturated carbocycles. The average Bonchev–Trinajstić information content (AvgIpc) is 3.16. The average molecular weight is 444 g/mol. The van der Waals surface area contributed by atoms with Gasteiger partial charge in [-0.05, 0) is 49.7 Å². The van der Waals surface area contributed by atoms with Crippen LogP contribution < -0.4 is 10.1 Å². The van der Waals surface area contributed by atoms with Crippen LogP contribution in [0, 0.1) is 11.8 Å². The normalized spacial score (nSPS) is 19.2. The molecule has 30 heavy (non-hydrogen) atoms. The zero-order valence-corrected chi connectivity index (χ0v) is 19.0. The predicted octanol–water partition coefficient (Wildman–Crippen LogP) is 6.54. The molecule has 0 aliphatic heterocycles. The third-order valence-electron chi connectivity index (χ3n) is 6.01. The van der Waals surface area contributed by atoms with E-state index in [0.29, 0.717) is 27.9 Å². The van der Waals surface area contributed by atoms with Crippen LogP contribution in [0.3, 0.4) is 0 Å². The van der Waals surface area contributed by atoms with Crippen LogP contribution in [-0.4, -0.2) is 23.0 Å². The lowest BCUT2D eigenvalue weighted by Gasteiger charge is -2.29. The van der Waals surface area contributed by atoms with E-state index in [2.05, 4.69) is 24.1 Å². The van der Waals surface area contributed by atoms with E-state index in [1.165, 1.54) is 43.1 Å². The number of carbonyl (C=O) groups excluding carboxylic acids is 1. The summed E-state index contributed by atoms with van der Waals surface area (Å²) in [6.07, 6.45) is 7.94. The molecule has 1 aromatic carbocycles. The summed E-state index contributed by atoms with van der Waals surface area (Å²) in [5.74, 6) is 2.43. The van der Waals surface area contributed by atoms with E-state index in [1.54, 1.807) is 24.5 Å². The number of ether oxygens (including phenoxy) is 1. The molecule has 2 heterocycles. The summed E-state index contributed by atoms with van der Waals surface area (Å²) in [7, 11) is 1.60. The molecular weight excluding hydrogens is 418 g/mol. The molecule has 0 atom stereocenters. The number of aromatic nitrogens is 2. The Kier molecular flexibility index (Phi) is 6.25. The Hall–Kier alpha value is -2.18. The number of carbonyl (C=O) groups is 1. The number of rotatable bonds is 5. The fourth-order valence-corrected chi connectivity index (χ4v) is 5.51. The topological polar surface area (TPSA) is 64.1 Å². The molecule has 158 valence electrons. The minimum Gasteiger partial charge on any atom is -0.494 e. The van der Waals surface area contributed by atoms with Gasteiger partial charge in [0.2, 0.25) is 0 Å². The van der Waals surface area contributed by atoms with E-state index in [4.69, 9.17) is 21.3 Å². The summed E-state index contributed by atoms with van der Waals surface area (Å²) in [4.78, 5) is 21.5. The molecule has 5 nitrogen and oxygen atoms in total. The molecule has 2 aromatic heterocycles. The van der Waals surface area contributed by atoms with Crippen LogP contribution in [0.4, 0.5) is 5.69 Å². The number of hydrogen-bond donors (Lipinski definition) is 1. The Bertz CT molecular complexity index is 1060. The fraction of sp³-hybridized carbons (Fsp3) is 0.435. The van der Waals surface area contributed by atoms with Crippen molar-refractivity contribution in [1.82, 2.24) is 9.97 Å². The van der Waals surface area contributed by atoms with Crippen LogP contribution in [0.25, 0.3) is 10.2 Å². The van der Waals surface area contributed by atoms with E-state index in [9.17, 15) is 4.79 Å². The van der Waals surface area contributed by atoms with Crippen LogP contribution in [0.2, 0.25) is 5.02 Å². The Labute approximate surface area is 185 Å². The number of halogens is 1. The van der Waals surface area contributed by atoms with Gasteiger partial charge in [0.1, 0.15) is 5.75 Å². The van der Waals surface area contributed by atoms with Gasteiger partial charge in [-0.2, -0.15) is 0 Å². The summed E-state index contributed by atoms with van der Waals surface area (Å²) in [6, 6.07) is 5.44. The van der Waals surface area contributed by atoms with E-state index >= 15 is 0 Å². The van der Waals surface area contributed by atoms with Crippen molar-refractivity contribution in [3.8, 4) is 5.75 Å². The highest BCUT2D eigenvalue weighted by Crippen LogP contribution is 2.42. The van der Waals surface area contributed by atoms with E-state index in [-0.39, 0.29) is 5.91 Å². The van der Waals surface area contributed by atoms with Gasteiger partial charge in [-0.3, -0.25) is 9.78 Å². The Morgan fingerprint density at radius 3 is 2.63 bits per heavy atom. The number of nitrogens with one attached hydrogen (secondary N) is 1. The summed E-state index contributed by atoms with van der Waals surface area (Å²) >= 11 is 7.68. The number of amides is 1. The van der Waals surface area contributed by atoms with Gasteiger partial charge in [0.25, 0.3) is 5.91 Å². The minimum atomic E-state index is -0.278. The predicted molar refractivity (Wildman–Crippen MR) is 123 cm³/mol. The molecule has 1 aliphatic rings. The van der Waals surface area contributed by atoms with Crippen LogP contribution in [-0.2, 0) is 0 Å². The second-order valence-corrected chi connectivity index (χ2v) is 9.77. The molecule has 1 aliphatic carbocycles. The molecule has 1 N–H and O–H groups in total. The fourth-order valence-electron chi connectivity index (χ4n) is 4.18. The van der Waals surface area contributed by atoms with Gasteiger partial charge in [0.15, 0.2) is 0 Å². The first-order valence-electron chi connectivity index (χ1n) is 10.3. The molecule has 1 fully saturated rings. The van der Waals surface area contributed by atoms with Gasteiger partial charge in [0, 0.05) is 24.4 Å². The Morgan fingerprint density at radius 2 is 1.97 bits per heavy atom. The maximum absolute atomic E-state index is 12.6. The summed E-state index contributed by atoms with van der Waals surface area (Å²) < 4.78 is 6.57. The number of fused-ring (bicyclic) bond motifs is 1. The van der Waals surface area contributed by atoms with Crippen molar-refractivity contribution in [2.75, 3.05) is 12.4 Å². The summed E-state index contributed by atoms with van der Waals surface area (Å²) in [5.41, 5.74) is 1.94. The SMILES string of the molecule is COc1cc2nc(C3CCC(C(C)C)CC3)sc2cc1NC(=O)c1cncc(Cl)c1. The largest absolute Gasteiger partial charge is 0.494 e. The molecule has 0 radical (unpaired) electrons. The van der Waals surface area contributed by atoms with E-state index in [0.717, 1.165) is 22.1 Å². The van der Waals surface area contributed by atoms with Crippen molar-refractivity contribution in [2.24, 2.45) is 11.8 Å². The summed E-state index contributed by atoms with van der Waals surface area (Å²) in [5, 5.41) is 4.53. The number of anilines is 1. The Morgan fingerprint density at radius 1 is 1.20 bits per heavy atom. The van der Waals surface area contributed by atoms with Gasteiger partial charge in [-0.25, -0.2) is 4.98 Å². The zero-order chi connectivity index (χ0) is 21.3. The lowest BCUT2D eigenvalue weighted by atomic mass is 9.77. The highest BCUT2D eigenvalue weighted by atomic mass is 35.5. The molecule has 3 aromatic rings. The molecule has 7 heteroatoms. The number of methoxy groups -OCH3 is 1. The first-order chi connectivity index (χ1) is 14.4. The smallest absolute Gasteiger partial charge is 0.257 e. The van der Waals surface area contributed by atoms with Crippen molar-refractivity contribution in [1.29, 1.82) is 0 Å². The van der Waals surface area contributed by atoms with Crippen molar-refractivity contribution in [2.45, 2.75) is 45.4 Å². The molecule has 0 unspecified atom stereocenters. The third kappa shape index (κ3) is 4.44. The minimum absolute atomic E-state index is 0.278. The van der Waals surface area contributed by atoms with Crippen LogP contribution in [0.1, 0.15) is 60.8 Å². The molecule has 0 bridgehead atoms.